The van der Waals surface area contributed by atoms with Gasteiger partial charge in [0.25, 0.3) is 0 Å². The molecule has 1 aromatic rings. The quantitative estimate of drug-likeness (QED) is 0.879. The van der Waals surface area contributed by atoms with E-state index in [1.807, 2.05) is 17.3 Å². The largest absolute Gasteiger partial charge is 0.365 e. The molecule has 2 heterocycles. The van der Waals surface area contributed by atoms with Crippen molar-refractivity contribution in [2.24, 2.45) is 10.9 Å². The number of thiazole rings is 1. The van der Waals surface area contributed by atoms with Crippen LogP contribution in [0.5, 0.6) is 0 Å². The summed E-state index contributed by atoms with van der Waals surface area (Å²) in [5.74, 6) is 1.90. The van der Waals surface area contributed by atoms with Crippen molar-refractivity contribution in [3.63, 3.8) is 0 Å². The molecule has 0 bridgehead atoms. The fraction of sp³-hybridized carbons (Fsp3) is 0.600. The maximum atomic E-state index is 4.48. The molecule has 0 radical (unpaired) electrons. The number of amidine groups is 1. The first-order valence-electron chi connectivity index (χ1n) is 5.13. The summed E-state index contributed by atoms with van der Waals surface area (Å²) in [6.45, 7) is 4.14. The van der Waals surface area contributed by atoms with E-state index in [2.05, 4.69) is 27.6 Å². The topological polar surface area (TPSA) is 37.3 Å². The molecular formula is C10H15N3S2. The minimum atomic E-state index is 0.721. The van der Waals surface area contributed by atoms with Gasteiger partial charge >= 0.3 is 0 Å². The van der Waals surface area contributed by atoms with E-state index in [1.165, 1.54) is 11.4 Å². The first-order chi connectivity index (χ1) is 7.34. The predicted molar refractivity (Wildman–Crippen MR) is 67.7 cm³/mol. The lowest BCUT2D eigenvalue weighted by molar-refractivity contribution is 0.668. The van der Waals surface area contributed by atoms with Gasteiger partial charge in [-0.15, -0.1) is 11.3 Å². The standard InChI is InChI=1S/C10H15N3S2/c1-8-4-12-10(15-5-8)11-3-2-9-6-14-7-13-9/h6-8H,2-5H2,1H3,(H,11,12). The lowest BCUT2D eigenvalue weighted by atomic mass is 10.2. The number of thioether (sulfide) groups is 1. The summed E-state index contributed by atoms with van der Waals surface area (Å²) in [4.78, 5) is 8.72. The summed E-state index contributed by atoms with van der Waals surface area (Å²) >= 11 is 3.48. The van der Waals surface area contributed by atoms with Crippen LogP contribution in [0.4, 0.5) is 0 Å². The van der Waals surface area contributed by atoms with E-state index in [0.717, 1.165) is 30.6 Å². The smallest absolute Gasteiger partial charge is 0.156 e. The Hall–Kier alpha value is -0.550. The maximum Gasteiger partial charge on any atom is 0.156 e. The minimum absolute atomic E-state index is 0.721. The normalized spacial score (nSPS) is 21.1. The van der Waals surface area contributed by atoms with Gasteiger partial charge in [-0.05, 0) is 5.92 Å². The highest BCUT2D eigenvalue weighted by molar-refractivity contribution is 8.13. The molecule has 82 valence electrons. The second-order valence-corrected chi connectivity index (χ2v) is 5.45. The van der Waals surface area contributed by atoms with Crippen molar-refractivity contribution in [1.29, 1.82) is 0 Å². The Balaban J connectivity index is 1.70. The number of aliphatic imine (C=N–C) groups is 1. The van der Waals surface area contributed by atoms with E-state index in [4.69, 9.17) is 0 Å². The number of hydrogen-bond acceptors (Lipinski definition) is 5. The Bertz CT molecular complexity index is 321. The van der Waals surface area contributed by atoms with Crippen LogP contribution in [0.25, 0.3) is 0 Å². The SMILES string of the molecule is CC1CN=C(NCCc2cscn2)SC1. The Morgan fingerprint density at radius 2 is 2.53 bits per heavy atom. The van der Waals surface area contributed by atoms with Crippen LogP contribution in [0.1, 0.15) is 12.6 Å². The van der Waals surface area contributed by atoms with Crippen LogP contribution in [0.3, 0.4) is 0 Å². The highest BCUT2D eigenvalue weighted by Crippen LogP contribution is 2.15. The number of aromatic nitrogens is 1. The zero-order chi connectivity index (χ0) is 10.5. The van der Waals surface area contributed by atoms with Crippen LogP contribution in [0.15, 0.2) is 15.9 Å². The molecule has 0 fully saturated rings. The molecule has 0 aromatic carbocycles. The highest BCUT2D eigenvalue weighted by Gasteiger charge is 2.11. The molecule has 0 saturated heterocycles. The van der Waals surface area contributed by atoms with Crippen molar-refractivity contribution in [3.8, 4) is 0 Å². The Kier molecular flexibility index (Phi) is 4.02. The summed E-state index contributed by atoms with van der Waals surface area (Å²) in [6.07, 6.45) is 0.985. The number of hydrogen-bond donors (Lipinski definition) is 1. The second kappa shape index (κ2) is 5.51. The molecule has 5 heteroatoms. The van der Waals surface area contributed by atoms with Crippen molar-refractivity contribution >= 4 is 28.3 Å². The Morgan fingerprint density at radius 1 is 1.60 bits per heavy atom. The van der Waals surface area contributed by atoms with Gasteiger partial charge in [-0.25, -0.2) is 4.98 Å². The van der Waals surface area contributed by atoms with Gasteiger partial charge in [0.05, 0.1) is 11.2 Å². The number of rotatable bonds is 3. The Labute approximate surface area is 98.4 Å². The van der Waals surface area contributed by atoms with Crippen molar-refractivity contribution in [3.05, 3.63) is 16.6 Å². The fourth-order valence-electron chi connectivity index (χ4n) is 1.32. The lowest BCUT2D eigenvalue weighted by Crippen LogP contribution is -2.27. The van der Waals surface area contributed by atoms with Crippen molar-refractivity contribution < 1.29 is 0 Å². The third-order valence-corrected chi connectivity index (χ3v) is 4.11. The molecule has 1 unspecified atom stereocenters. The second-order valence-electron chi connectivity index (χ2n) is 3.72. The third-order valence-electron chi connectivity index (χ3n) is 2.19. The van der Waals surface area contributed by atoms with Crippen LogP contribution >= 0.6 is 23.1 Å². The first-order valence-corrected chi connectivity index (χ1v) is 7.05. The molecule has 0 aliphatic carbocycles. The van der Waals surface area contributed by atoms with Crippen molar-refractivity contribution in [1.82, 2.24) is 10.3 Å². The van der Waals surface area contributed by atoms with Gasteiger partial charge < -0.3 is 5.32 Å². The van der Waals surface area contributed by atoms with Gasteiger partial charge in [-0.3, -0.25) is 4.99 Å². The zero-order valence-corrected chi connectivity index (χ0v) is 10.4. The van der Waals surface area contributed by atoms with Gasteiger partial charge in [0.15, 0.2) is 5.17 Å². The first kappa shape index (κ1) is 11.0. The van der Waals surface area contributed by atoms with Gasteiger partial charge in [0.2, 0.25) is 0 Å². The highest BCUT2D eigenvalue weighted by atomic mass is 32.2. The van der Waals surface area contributed by atoms with Crippen molar-refractivity contribution in [2.75, 3.05) is 18.8 Å². The number of nitrogens with one attached hydrogen (secondary N) is 1. The minimum Gasteiger partial charge on any atom is -0.365 e. The van der Waals surface area contributed by atoms with Gasteiger partial charge in [-0.2, -0.15) is 0 Å². The molecule has 1 N–H and O–H groups in total. The summed E-state index contributed by atoms with van der Waals surface area (Å²) in [7, 11) is 0. The number of nitrogens with zero attached hydrogens (tertiary/aromatic N) is 2. The zero-order valence-electron chi connectivity index (χ0n) is 8.77. The molecule has 15 heavy (non-hydrogen) atoms. The lowest BCUT2D eigenvalue weighted by Gasteiger charge is -2.17. The van der Waals surface area contributed by atoms with E-state index >= 15 is 0 Å². The van der Waals surface area contributed by atoms with E-state index in [0.29, 0.717) is 0 Å². The van der Waals surface area contributed by atoms with Crippen LogP contribution in [-0.4, -0.2) is 29.0 Å². The predicted octanol–water partition coefficient (Wildman–Crippen LogP) is 2.01. The van der Waals surface area contributed by atoms with Crippen LogP contribution in [0, 0.1) is 5.92 Å². The summed E-state index contributed by atoms with van der Waals surface area (Å²) in [5.41, 5.74) is 3.05. The average Bonchev–Trinajstić information content (AvgIpc) is 2.74. The molecule has 0 amide bonds. The van der Waals surface area contributed by atoms with Crippen LogP contribution in [0.2, 0.25) is 0 Å². The van der Waals surface area contributed by atoms with Crippen LogP contribution < -0.4 is 5.32 Å². The van der Waals surface area contributed by atoms with Gasteiger partial charge in [0.1, 0.15) is 0 Å². The van der Waals surface area contributed by atoms with E-state index in [-0.39, 0.29) is 0 Å². The molecule has 1 atom stereocenters. The van der Waals surface area contributed by atoms with E-state index in [9.17, 15) is 0 Å². The molecule has 1 aliphatic heterocycles. The maximum absolute atomic E-state index is 4.48. The van der Waals surface area contributed by atoms with Crippen LogP contribution in [-0.2, 0) is 6.42 Å². The molecule has 2 rings (SSSR count). The molecule has 0 spiro atoms. The molecule has 1 aromatic heterocycles. The molecule has 0 saturated carbocycles. The van der Waals surface area contributed by atoms with Gasteiger partial charge in [0, 0.05) is 30.6 Å². The summed E-state index contributed by atoms with van der Waals surface area (Å²) < 4.78 is 0. The van der Waals surface area contributed by atoms with Gasteiger partial charge in [-0.1, -0.05) is 18.7 Å². The fourth-order valence-corrected chi connectivity index (χ4v) is 2.83. The summed E-state index contributed by atoms with van der Waals surface area (Å²) in [5, 5.41) is 6.56. The van der Waals surface area contributed by atoms with E-state index < -0.39 is 0 Å². The Morgan fingerprint density at radius 3 is 3.20 bits per heavy atom. The monoisotopic (exact) mass is 241 g/mol. The molecule has 1 aliphatic rings. The summed E-state index contributed by atoms with van der Waals surface area (Å²) in [6, 6.07) is 0. The molecular weight excluding hydrogens is 226 g/mol. The van der Waals surface area contributed by atoms with E-state index in [1.54, 1.807) is 11.3 Å². The average molecular weight is 241 g/mol. The third kappa shape index (κ3) is 3.50. The van der Waals surface area contributed by atoms with Crippen molar-refractivity contribution in [2.45, 2.75) is 13.3 Å². The molecule has 3 nitrogen and oxygen atoms in total.